The van der Waals surface area contributed by atoms with Crippen molar-refractivity contribution in [3.05, 3.63) is 47.5 Å². The quantitative estimate of drug-likeness (QED) is 0.586. The Morgan fingerprint density at radius 3 is 2.68 bits per heavy atom. The molecule has 0 amide bonds. The summed E-state index contributed by atoms with van der Waals surface area (Å²) in [6.45, 7) is 6.28. The molecule has 0 atom stereocenters. The van der Waals surface area contributed by atoms with Crippen LogP contribution in [0.3, 0.4) is 0 Å². The SMILES string of the molecule is CNCCN1CCC(c2cc(C)c3nc(-c4cccc(OC(F)(F)F)c4)[nH]c3c2)CC1. The zero-order valence-electron chi connectivity index (χ0n) is 17.7. The van der Waals surface area contributed by atoms with Gasteiger partial charge in [0.1, 0.15) is 11.6 Å². The summed E-state index contributed by atoms with van der Waals surface area (Å²) in [4.78, 5) is 10.4. The predicted octanol–water partition coefficient (Wildman–Crippen LogP) is 4.84. The number of halogens is 3. The van der Waals surface area contributed by atoms with E-state index in [0.29, 0.717) is 17.3 Å². The van der Waals surface area contributed by atoms with Gasteiger partial charge in [-0.15, -0.1) is 13.2 Å². The monoisotopic (exact) mass is 432 g/mol. The molecule has 0 aliphatic carbocycles. The molecule has 1 aromatic heterocycles. The lowest BCUT2D eigenvalue weighted by atomic mass is 9.88. The Labute approximate surface area is 179 Å². The number of ether oxygens (including phenoxy) is 1. The highest BCUT2D eigenvalue weighted by atomic mass is 19.4. The number of hydrogen-bond acceptors (Lipinski definition) is 4. The maximum Gasteiger partial charge on any atom is 0.573 e. The first-order valence-electron chi connectivity index (χ1n) is 10.6. The van der Waals surface area contributed by atoms with Gasteiger partial charge in [-0.3, -0.25) is 0 Å². The number of H-pyrrole nitrogens is 1. The first kappa shape index (κ1) is 21.6. The van der Waals surface area contributed by atoms with Crippen molar-refractivity contribution in [1.82, 2.24) is 20.2 Å². The standard InChI is InChI=1S/C23H27F3N4O/c1-15-12-18(16-6-9-30(10-7-16)11-8-27-2)14-20-21(15)29-22(28-20)17-4-3-5-19(13-17)31-23(24,25)26/h3-5,12-14,16,27H,6-11H2,1-2H3,(H,28,29). The van der Waals surface area contributed by atoms with E-state index >= 15 is 0 Å². The van der Waals surface area contributed by atoms with Crippen LogP contribution in [0.2, 0.25) is 0 Å². The number of likely N-dealkylation sites (N-methyl/N-ethyl adjacent to an activating group) is 1. The molecule has 166 valence electrons. The van der Waals surface area contributed by atoms with Crippen LogP contribution in [0.4, 0.5) is 13.2 Å². The number of hydrogen-bond donors (Lipinski definition) is 2. The molecule has 2 N–H and O–H groups in total. The number of fused-ring (bicyclic) bond motifs is 1. The molecular weight excluding hydrogens is 405 g/mol. The number of aromatic nitrogens is 2. The molecule has 2 aromatic carbocycles. The number of nitrogens with zero attached hydrogens (tertiary/aromatic N) is 2. The van der Waals surface area contributed by atoms with Gasteiger partial charge in [0.05, 0.1) is 11.0 Å². The fourth-order valence-corrected chi connectivity index (χ4v) is 4.29. The van der Waals surface area contributed by atoms with E-state index in [4.69, 9.17) is 0 Å². The van der Waals surface area contributed by atoms with Gasteiger partial charge in [0.15, 0.2) is 0 Å². The first-order valence-corrected chi connectivity index (χ1v) is 10.6. The van der Waals surface area contributed by atoms with Crippen LogP contribution in [-0.4, -0.2) is 54.5 Å². The van der Waals surface area contributed by atoms with Crippen LogP contribution < -0.4 is 10.1 Å². The number of benzene rings is 2. The third kappa shape index (κ3) is 5.19. The Balaban J connectivity index is 1.55. The minimum absolute atomic E-state index is 0.257. The predicted molar refractivity (Wildman–Crippen MR) is 115 cm³/mol. The summed E-state index contributed by atoms with van der Waals surface area (Å²) in [5.74, 6) is 0.779. The summed E-state index contributed by atoms with van der Waals surface area (Å²) in [6.07, 6.45) is -2.49. The normalized spacial score (nSPS) is 16.2. The summed E-state index contributed by atoms with van der Waals surface area (Å²) in [6, 6.07) is 10.2. The van der Waals surface area contributed by atoms with Crippen LogP contribution >= 0.6 is 0 Å². The van der Waals surface area contributed by atoms with Crippen molar-refractivity contribution >= 4 is 11.0 Å². The lowest BCUT2D eigenvalue weighted by Crippen LogP contribution is -2.37. The molecule has 0 spiro atoms. The third-order valence-corrected chi connectivity index (χ3v) is 5.88. The van der Waals surface area contributed by atoms with Crippen molar-refractivity contribution in [1.29, 1.82) is 0 Å². The van der Waals surface area contributed by atoms with Crippen LogP contribution in [-0.2, 0) is 0 Å². The number of rotatable bonds is 6. The van der Waals surface area contributed by atoms with Gasteiger partial charge < -0.3 is 19.9 Å². The minimum Gasteiger partial charge on any atom is -0.406 e. The van der Waals surface area contributed by atoms with Crippen LogP contribution in [0.25, 0.3) is 22.4 Å². The Morgan fingerprint density at radius 1 is 1.19 bits per heavy atom. The van der Waals surface area contributed by atoms with E-state index in [1.807, 2.05) is 14.0 Å². The van der Waals surface area contributed by atoms with Gasteiger partial charge in [-0.05, 0) is 75.1 Å². The first-order chi connectivity index (χ1) is 14.8. The van der Waals surface area contributed by atoms with Gasteiger partial charge in [0.2, 0.25) is 0 Å². The molecule has 0 saturated carbocycles. The zero-order chi connectivity index (χ0) is 22.0. The average molecular weight is 432 g/mol. The van der Waals surface area contributed by atoms with Gasteiger partial charge in [0.25, 0.3) is 0 Å². The van der Waals surface area contributed by atoms with E-state index < -0.39 is 6.36 Å². The van der Waals surface area contributed by atoms with Crippen LogP contribution in [0, 0.1) is 6.92 Å². The van der Waals surface area contributed by atoms with Gasteiger partial charge in [-0.1, -0.05) is 18.2 Å². The number of piperidine rings is 1. The molecule has 2 heterocycles. The Morgan fingerprint density at radius 2 is 1.97 bits per heavy atom. The summed E-state index contributed by atoms with van der Waals surface area (Å²) in [5.41, 5.74) is 4.66. The second kappa shape index (κ2) is 8.88. The van der Waals surface area contributed by atoms with Crippen LogP contribution in [0.1, 0.15) is 29.9 Å². The molecule has 31 heavy (non-hydrogen) atoms. The van der Waals surface area contributed by atoms with Crippen LogP contribution in [0.15, 0.2) is 36.4 Å². The molecule has 0 unspecified atom stereocenters. The summed E-state index contributed by atoms with van der Waals surface area (Å²) in [7, 11) is 1.98. The van der Waals surface area contributed by atoms with Crippen molar-refractivity contribution in [2.45, 2.75) is 32.0 Å². The number of aromatic amines is 1. The van der Waals surface area contributed by atoms with E-state index in [9.17, 15) is 13.2 Å². The molecule has 5 nitrogen and oxygen atoms in total. The minimum atomic E-state index is -4.72. The largest absolute Gasteiger partial charge is 0.573 e. The second-order valence-electron chi connectivity index (χ2n) is 8.11. The summed E-state index contributed by atoms with van der Waals surface area (Å²) >= 11 is 0. The van der Waals surface area contributed by atoms with E-state index in [1.54, 1.807) is 6.07 Å². The number of aryl methyl sites for hydroxylation is 1. The maximum atomic E-state index is 12.6. The van der Waals surface area contributed by atoms with Crippen molar-refractivity contribution in [3.8, 4) is 17.1 Å². The highest BCUT2D eigenvalue weighted by Crippen LogP contribution is 2.33. The van der Waals surface area contributed by atoms with E-state index in [-0.39, 0.29) is 5.75 Å². The molecular formula is C23H27F3N4O. The highest BCUT2D eigenvalue weighted by molar-refractivity contribution is 5.83. The topological polar surface area (TPSA) is 53.2 Å². The Bertz CT molecular complexity index is 1040. The Hall–Kier alpha value is -2.58. The van der Waals surface area contributed by atoms with Crippen molar-refractivity contribution in [3.63, 3.8) is 0 Å². The lowest BCUT2D eigenvalue weighted by Gasteiger charge is -2.32. The lowest BCUT2D eigenvalue weighted by molar-refractivity contribution is -0.274. The van der Waals surface area contributed by atoms with E-state index in [1.165, 1.54) is 23.8 Å². The number of imidazole rings is 1. The van der Waals surface area contributed by atoms with Gasteiger partial charge in [-0.2, -0.15) is 0 Å². The summed E-state index contributed by atoms with van der Waals surface area (Å²) in [5, 5.41) is 3.20. The average Bonchev–Trinajstić information content (AvgIpc) is 3.16. The molecule has 1 aliphatic rings. The number of likely N-dealkylation sites (tertiary alicyclic amines) is 1. The van der Waals surface area contributed by atoms with Crippen LogP contribution in [0.5, 0.6) is 5.75 Å². The zero-order valence-corrected chi connectivity index (χ0v) is 17.7. The smallest absolute Gasteiger partial charge is 0.406 e. The van der Waals surface area contributed by atoms with Gasteiger partial charge in [0, 0.05) is 18.7 Å². The fraction of sp³-hybridized carbons (Fsp3) is 0.435. The third-order valence-electron chi connectivity index (χ3n) is 5.88. The summed E-state index contributed by atoms with van der Waals surface area (Å²) < 4.78 is 41.7. The molecule has 8 heteroatoms. The molecule has 1 aliphatic heterocycles. The van der Waals surface area contributed by atoms with Gasteiger partial charge in [-0.25, -0.2) is 4.98 Å². The van der Waals surface area contributed by atoms with Crippen molar-refractivity contribution in [2.24, 2.45) is 0 Å². The molecule has 1 fully saturated rings. The molecule has 0 radical (unpaired) electrons. The highest BCUT2D eigenvalue weighted by Gasteiger charge is 2.31. The number of nitrogens with one attached hydrogen (secondary N) is 2. The van der Waals surface area contributed by atoms with Crippen molar-refractivity contribution in [2.75, 3.05) is 33.2 Å². The Kier molecular flexibility index (Phi) is 6.20. The molecule has 0 bridgehead atoms. The fourth-order valence-electron chi connectivity index (χ4n) is 4.29. The second-order valence-corrected chi connectivity index (χ2v) is 8.11. The molecule has 3 aromatic rings. The van der Waals surface area contributed by atoms with E-state index in [0.717, 1.165) is 55.6 Å². The molecule has 1 saturated heterocycles. The van der Waals surface area contributed by atoms with E-state index in [2.05, 4.69) is 37.1 Å². The maximum absolute atomic E-state index is 12.6. The van der Waals surface area contributed by atoms with Gasteiger partial charge >= 0.3 is 6.36 Å². The van der Waals surface area contributed by atoms with Crippen molar-refractivity contribution < 1.29 is 17.9 Å². The molecule has 4 rings (SSSR count). The number of alkyl halides is 3.